The van der Waals surface area contributed by atoms with Crippen molar-refractivity contribution in [3.8, 4) is 6.07 Å². The smallest absolute Gasteiger partial charge is 0.267 e. The molecule has 0 aliphatic rings. The maximum atomic E-state index is 12.2. The minimum atomic E-state index is -0.553. The lowest BCUT2D eigenvalue weighted by molar-refractivity contribution is -0.112. The van der Waals surface area contributed by atoms with E-state index in [1.165, 1.54) is 13.1 Å². The van der Waals surface area contributed by atoms with Crippen LogP contribution in [0.25, 0.3) is 0 Å². The highest BCUT2D eigenvalue weighted by atomic mass is 79.9. The van der Waals surface area contributed by atoms with Gasteiger partial charge in [-0.2, -0.15) is 5.26 Å². The number of rotatable bonds is 5. The molecule has 2 rings (SSSR count). The summed E-state index contributed by atoms with van der Waals surface area (Å²) >= 11 is 3.33. The number of ketones is 1. The van der Waals surface area contributed by atoms with E-state index in [1.807, 2.05) is 30.3 Å². The first-order valence-corrected chi connectivity index (χ1v) is 7.83. The van der Waals surface area contributed by atoms with Crippen LogP contribution in [0.5, 0.6) is 0 Å². The van der Waals surface area contributed by atoms with Crippen LogP contribution in [-0.4, -0.2) is 11.7 Å². The fourth-order valence-electron chi connectivity index (χ4n) is 1.86. The van der Waals surface area contributed by atoms with Crippen LogP contribution in [0.3, 0.4) is 0 Å². The van der Waals surface area contributed by atoms with E-state index in [2.05, 4.69) is 26.6 Å². The summed E-state index contributed by atoms with van der Waals surface area (Å²) in [5.74, 6) is -0.651. The second-order valence-corrected chi connectivity index (χ2v) is 5.83. The molecular weight excluding hydrogens is 370 g/mol. The Kier molecular flexibility index (Phi) is 5.88. The van der Waals surface area contributed by atoms with E-state index in [0.29, 0.717) is 11.3 Å². The van der Waals surface area contributed by atoms with Gasteiger partial charge < -0.3 is 10.6 Å². The van der Waals surface area contributed by atoms with Gasteiger partial charge in [0.05, 0.1) is 0 Å². The molecular formula is C18H14BrN3O2. The number of nitrogens with zero attached hydrogens (tertiary/aromatic N) is 1. The highest BCUT2D eigenvalue weighted by molar-refractivity contribution is 9.10. The van der Waals surface area contributed by atoms with Crippen LogP contribution in [0.1, 0.15) is 17.3 Å². The van der Waals surface area contributed by atoms with Crippen molar-refractivity contribution >= 4 is 39.0 Å². The number of nitriles is 1. The number of carbonyl (C=O) groups excluding carboxylic acids is 2. The lowest BCUT2D eigenvalue weighted by Gasteiger charge is -2.06. The van der Waals surface area contributed by atoms with Crippen molar-refractivity contribution in [1.29, 1.82) is 5.26 Å². The molecule has 0 saturated carbocycles. The van der Waals surface area contributed by atoms with Crippen molar-refractivity contribution in [2.45, 2.75) is 6.92 Å². The molecule has 2 N–H and O–H groups in total. The van der Waals surface area contributed by atoms with Crippen molar-refractivity contribution in [1.82, 2.24) is 0 Å². The molecule has 0 spiro atoms. The molecule has 0 saturated heterocycles. The van der Waals surface area contributed by atoms with E-state index in [9.17, 15) is 9.59 Å². The number of amides is 1. The Bertz CT molecular complexity index is 836. The molecule has 120 valence electrons. The van der Waals surface area contributed by atoms with Crippen LogP contribution in [0.2, 0.25) is 0 Å². The third-order valence-corrected chi connectivity index (χ3v) is 3.65. The van der Waals surface area contributed by atoms with E-state index in [1.54, 1.807) is 24.3 Å². The maximum Gasteiger partial charge on any atom is 0.267 e. The summed E-state index contributed by atoms with van der Waals surface area (Å²) in [6.07, 6.45) is 1.34. The molecule has 2 aromatic rings. The van der Waals surface area contributed by atoms with Crippen molar-refractivity contribution < 1.29 is 9.59 Å². The summed E-state index contributed by atoms with van der Waals surface area (Å²) in [4.78, 5) is 23.5. The number of carbonyl (C=O) groups is 2. The first kappa shape index (κ1) is 17.4. The first-order chi connectivity index (χ1) is 11.5. The van der Waals surface area contributed by atoms with Gasteiger partial charge in [0, 0.05) is 27.6 Å². The van der Waals surface area contributed by atoms with Gasteiger partial charge in [0.1, 0.15) is 11.6 Å². The molecule has 0 fully saturated rings. The predicted octanol–water partition coefficient (Wildman–Crippen LogP) is 4.11. The van der Waals surface area contributed by atoms with Crippen molar-refractivity contribution in [2.24, 2.45) is 0 Å². The Labute approximate surface area is 148 Å². The van der Waals surface area contributed by atoms with Gasteiger partial charge >= 0.3 is 0 Å². The van der Waals surface area contributed by atoms with Crippen molar-refractivity contribution in [3.05, 3.63) is 70.3 Å². The fourth-order valence-corrected chi connectivity index (χ4v) is 2.13. The second kappa shape index (κ2) is 8.09. The van der Waals surface area contributed by atoms with E-state index in [-0.39, 0.29) is 11.4 Å². The summed E-state index contributed by atoms with van der Waals surface area (Å²) in [6.45, 7) is 1.45. The highest BCUT2D eigenvalue weighted by Gasteiger charge is 2.10. The van der Waals surface area contributed by atoms with Gasteiger partial charge in [-0.3, -0.25) is 9.59 Å². The first-order valence-electron chi connectivity index (χ1n) is 7.04. The molecule has 0 aliphatic heterocycles. The second-order valence-electron chi connectivity index (χ2n) is 4.91. The van der Waals surface area contributed by atoms with Crippen LogP contribution in [-0.2, 0) is 4.79 Å². The Morgan fingerprint density at radius 1 is 1.12 bits per heavy atom. The molecule has 24 heavy (non-hydrogen) atoms. The highest BCUT2D eigenvalue weighted by Crippen LogP contribution is 2.15. The zero-order valence-electron chi connectivity index (χ0n) is 12.8. The molecule has 2 aromatic carbocycles. The Morgan fingerprint density at radius 3 is 2.46 bits per heavy atom. The number of hydrogen-bond acceptors (Lipinski definition) is 4. The quantitative estimate of drug-likeness (QED) is 0.462. The topological polar surface area (TPSA) is 82.0 Å². The number of Topliss-reactive ketones (excluding diaryl/α,β-unsaturated/α-hetero) is 1. The molecule has 0 radical (unpaired) electrons. The standard InChI is InChI=1S/C18H14BrN3O2/c1-12(23)13-3-2-4-17(9-13)22-18(24)14(10-20)11-21-16-7-5-15(19)6-8-16/h2-9,11,21H,1H3,(H,22,24)/b14-11-. The van der Waals surface area contributed by atoms with E-state index in [4.69, 9.17) is 5.26 Å². The zero-order chi connectivity index (χ0) is 17.5. The molecule has 6 heteroatoms. The molecule has 5 nitrogen and oxygen atoms in total. The van der Waals surface area contributed by atoms with Gasteiger partial charge in [-0.15, -0.1) is 0 Å². The summed E-state index contributed by atoms with van der Waals surface area (Å²) in [7, 11) is 0. The van der Waals surface area contributed by atoms with Gasteiger partial charge in [-0.05, 0) is 43.3 Å². The summed E-state index contributed by atoms with van der Waals surface area (Å²) in [5, 5.41) is 14.7. The number of anilines is 2. The van der Waals surface area contributed by atoms with Gasteiger partial charge in [0.2, 0.25) is 0 Å². The minimum Gasteiger partial charge on any atom is -0.360 e. The number of hydrogen-bond donors (Lipinski definition) is 2. The monoisotopic (exact) mass is 383 g/mol. The average Bonchev–Trinajstić information content (AvgIpc) is 2.57. The molecule has 0 unspecified atom stereocenters. The van der Waals surface area contributed by atoms with Crippen LogP contribution in [0.15, 0.2) is 64.8 Å². The Hall–Kier alpha value is -2.91. The SMILES string of the molecule is CC(=O)c1cccc(NC(=O)/C(C#N)=C\Nc2ccc(Br)cc2)c1. The lowest BCUT2D eigenvalue weighted by atomic mass is 10.1. The number of halogens is 1. The third kappa shape index (κ3) is 4.80. The number of nitrogens with one attached hydrogen (secondary N) is 2. The normalized spacial score (nSPS) is 10.6. The number of benzene rings is 2. The van der Waals surface area contributed by atoms with Crippen molar-refractivity contribution in [2.75, 3.05) is 10.6 Å². The molecule has 0 heterocycles. The summed E-state index contributed by atoms with van der Waals surface area (Å²) in [5.41, 5.74) is 1.62. The van der Waals surface area contributed by atoms with Gasteiger partial charge in [0.15, 0.2) is 5.78 Å². The Morgan fingerprint density at radius 2 is 1.83 bits per heavy atom. The molecule has 0 aromatic heterocycles. The average molecular weight is 384 g/mol. The lowest BCUT2D eigenvalue weighted by Crippen LogP contribution is -2.14. The van der Waals surface area contributed by atoms with E-state index >= 15 is 0 Å². The van der Waals surface area contributed by atoms with Gasteiger partial charge in [0.25, 0.3) is 5.91 Å². The molecule has 0 atom stereocenters. The van der Waals surface area contributed by atoms with Crippen LogP contribution in [0, 0.1) is 11.3 Å². The fraction of sp³-hybridized carbons (Fsp3) is 0.0556. The van der Waals surface area contributed by atoms with E-state index in [0.717, 1.165) is 10.2 Å². The van der Waals surface area contributed by atoms with Crippen LogP contribution in [0.4, 0.5) is 11.4 Å². The van der Waals surface area contributed by atoms with Crippen molar-refractivity contribution in [3.63, 3.8) is 0 Å². The molecule has 0 aliphatic carbocycles. The van der Waals surface area contributed by atoms with Crippen LogP contribution < -0.4 is 10.6 Å². The summed E-state index contributed by atoms with van der Waals surface area (Å²) < 4.78 is 0.931. The third-order valence-electron chi connectivity index (χ3n) is 3.12. The largest absolute Gasteiger partial charge is 0.360 e. The van der Waals surface area contributed by atoms with Crippen LogP contribution >= 0.6 is 15.9 Å². The maximum absolute atomic E-state index is 12.2. The molecule has 0 bridgehead atoms. The summed E-state index contributed by atoms with van der Waals surface area (Å²) in [6, 6.07) is 15.7. The van der Waals surface area contributed by atoms with E-state index < -0.39 is 5.91 Å². The predicted molar refractivity (Wildman–Crippen MR) is 96.5 cm³/mol. The van der Waals surface area contributed by atoms with Gasteiger partial charge in [-0.1, -0.05) is 28.1 Å². The molecule has 1 amide bonds. The zero-order valence-corrected chi connectivity index (χ0v) is 14.4. The Balaban J connectivity index is 2.10. The minimum absolute atomic E-state index is 0.0776. The van der Waals surface area contributed by atoms with Gasteiger partial charge in [-0.25, -0.2) is 0 Å².